The minimum absolute atomic E-state index is 0.570. The summed E-state index contributed by atoms with van der Waals surface area (Å²) in [6, 6.07) is 0. The third-order valence-electron chi connectivity index (χ3n) is 3.38. The zero-order valence-corrected chi connectivity index (χ0v) is 14.5. The molecule has 0 amide bonds. The lowest BCUT2D eigenvalue weighted by atomic mass is 9.87. The third kappa shape index (κ3) is 7.94. The molecule has 0 aromatic heterocycles. The molecule has 0 saturated carbocycles. The molecule has 0 rings (SSSR count). The largest absolute Gasteiger partial charge is 0.179 e. The van der Waals surface area contributed by atoms with Crippen molar-refractivity contribution in [2.75, 3.05) is 28.8 Å². The van der Waals surface area contributed by atoms with Gasteiger partial charge in [0.15, 0.2) is 0 Å². The second-order valence-electron chi connectivity index (χ2n) is 5.06. The van der Waals surface area contributed by atoms with Gasteiger partial charge >= 0.3 is 0 Å². The van der Waals surface area contributed by atoms with Gasteiger partial charge in [-0.3, -0.25) is 0 Å². The summed E-state index contributed by atoms with van der Waals surface area (Å²) in [5, 5.41) is 0. The van der Waals surface area contributed by atoms with Crippen molar-refractivity contribution in [1.82, 2.24) is 0 Å². The average molecular weight is 295 g/mol. The number of rotatable bonds is 11. The zero-order valence-electron chi connectivity index (χ0n) is 12.0. The highest BCUT2D eigenvalue weighted by Crippen LogP contribution is 2.35. The Kier molecular flexibility index (Phi) is 11.6. The Bertz CT molecular complexity index is 167. The summed E-state index contributed by atoms with van der Waals surface area (Å²) >= 11 is 8.64. The van der Waals surface area contributed by atoms with Gasteiger partial charge in [0.2, 0.25) is 0 Å². The summed E-state index contributed by atoms with van der Waals surface area (Å²) in [5.41, 5.74) is 0.570. The summed E-state index contributed by atoms with van der Waals surface area (Å²) in [7, 11) is 0. The van der Waals surface area contributed by atoms with Crippen LogP contribution in [-0.2, 0) is 0 Å². The van der Waals surface area contributed by atoms with E-state index in [9.17, 15) is 0 Å². The summed E-state index contributed by atoms with van der Waals surface area (Å²) in [4.78, 5) is 0. The van der Waals surface area contributed by atoms with E-state index in [-0.39, 0.29) is 0 Å². The van der Waals surface area contributed by atoms with E-state index in [4.69, 9.17) is 0 Å². The van der Waals surface area contributed by atoms with E-state index in [1.165, 1.54) is 42.3 Å². The molecule has 0 aromatic carbocycles. The molecule has 0 fully saturated rings. The van der Waals surface area contributed by atoms with Crippen LogP contribution in [0.1, 0.15) is 47.0 Å². The fourth-order valence-electron chi connectivity index (χ4n) is 1.66. The van der Waals surface area contributed by atoms with Crippen LogP contribution in [0.3, 0.4) is 0 Å². The minimum Gasteiger partial charge on any atom is -0.179 e. The number of thioether (sulfide) groups is 2. The van der Waals surface area contributed by atoms with Gasteiger partial charge in [-0.05, 0) is 59.4 Å². The van der Waals surface area contributed by atoms with E-state index in [0.717, 1.165) is 11.7 Å². The summed E-state index contributed by atoms with van der Waals surface area (Å²) in [6.45, 7) is 9.29. The van der Waals surface area contributed by atoms with Crippen LogP contribution in [-0.4, -0.2) is 28.8 Å². The van der Waals surface area contributed by atoms with Crippen LogP contribution in [0, 0.1) is 11.3 Å². The molecule has 3 heteroatoms. The van der Waals surface area contributed by atoms with Crippen LogP contribution in [0.25, 0.3) is 0 Å². The van der Waals surface area contributed by atoms with Crippen molar-refractivity contribution >= 4 is 36.2 Å². The highest BCUT2D eigenvalue weighted by Gasteiger charge is 2.25. The molecule has 0 bridgehead atoms. The Morgan fingerprint density at radius 2 is 1.65 bits per heavy atom. The first kappa shape index (κ1) is 18.0. The lowest BCUT2D eigenvalue weighted by molar-refractivity contribution is 0.356. The summed E-state index contributed by atoms with van der Waals surface area (Å²) in [6.07, 6.45) is 3.95. The topological polar surface area (TPSA) is 0 Å². The molecule has 0 aliphatic rings. The summed E-state index contributed by atoms with van der Waals surface area (Å²) < 4.78 is 0. The van der Waals surface area contributed by atoms with E-state index in [1.54, 1.807) is 0 Å². The predicted octanol–water partition coefficient (Wildman–Crippen LogP) is 5.24. The normalized spacial score (nSPS) is 13.9. The van der Waals surface area contributed by atoms with Crippen LogP contribution >= 0.6 is 36.2 Å². The van der Waals surface area contributed by atoms with Crippen molar-refractivity contribution < 1.29 is 0 Å². The average Bonchev–Trinajstić information content (AvgIpc) is 2.37. The lowest BCUT2D eigenvalue weighted by Crippen LogP contribution is -2.26. The number of hydrogen-bond acceptors (Lipinski definition) is 3. The smallest absolute Gasteiger partial charge is 0.000300 e. The quantitative estimate of drug-likeness (QED) is 0.409. The zero-order chi connectivity index (χ0) is 13.1. The summed E-state index contributed by atoms with van der Waals surface area (Å²) in [5.74, 6) is 7.02. The second kappa shape index (κ2) is 10.9. The molecule has 0 heterocycles. The molecule has 0 saturated heterocycles. The van der Waals surface area contributed by atoms with Crippen molar-refractivity contribution in [3.05, 3.63) is 0 Å². The van der Waals surface area contributed by atoms with Crippen molar-refractivity contribution in [1.29, 1.82) is 0 Å². The fraction of sp³-hybridized carbons (Fsp3) is 1.00. The lowest BCUT2D eigenvalue weighted by Gasteiger charge is -2.31. The molecule has 0 aromatic rings. The maximum absolute atomic E-state index is 4.36. The maximum atomic E-state index is 4.36. The molecule has 0 aliphatic carbocycles. The van der Waals surface area contributed by atoms with Gasteiger partial charge in [0.05, 0.1) is 0 Å². The molecular formula is C14H30S3. The number of thiol groups is 1. The van der Waals surface area contributed by atoms with E-state index in [0.29, 0.717) is 5.41 Å². The third-order valence-corrected chi connectivity index (χ3v) is 7.14. The van der Waals surface area contributed by atoms with Gasteiger partial charge < -0.3 is 0 Å². The fourth-order valence-corrected chi connectivity index (χ4v) is 5.05. The highest BCUT2D eigenvalue weighted by atomic mass is 32.2. The molecular weight excluding hydrogens is 264 g/mol. The molecule has 0 N–H and O–H groups in total. The maximum Gasteiger partial charge on any atom is -0.000300 e. The second-order valence-corrected chi connectivity index (χ2v) is 7.56. The first-order chi connectivity index (χ1) is 8.14. The van der Waals surface area contributed by atoms with E-state index in [2.05, 4.69) is 63.8 Å². The minimum atomic E-state index is 0.570. The molecule has 0 spiro atoms. The Labute approximate surface area is 123 Å². The Balaban J connectivity index is 4.01. The number of hydrogen-bond donors (Lipinski definition) is 1. The van der Waals surface area contributed by atoms with Crippen molar-refractivity contribution in [2.45, 2.75) is 47.0 Å². The van der Waals surface area contributed by atoms with Crippen molar-refractivity contribution in [3.63, 3.8) is 0 Å². The van der Waals surface area contributed by atoms with Crippen LogP contribution in [0.15, 0.2) is 0 Å². The van der Waals surface area contributed by atoms with E-state index < -0.39 is 0 Å². The van der Waals surface area contributed by atoms with Gasteiger partial charge in [0, 0.05) is 0 Å². The Morgan fingerprint density at radius 3 is 2.12 bits per heavy atom. The van der Waals surface area contributed by atoms with Gasteiger partial charge in [-0.15, -0.1) is 0 Å². The molecule has 1 unspecified atom stereocenters. The van der Waals surface area contributed by atoms with Gasteiger partial charge in [0.1, 0.15) is 0 Å². The van der Waals surface area contributed by atoms with Crippen molar-refractivity contribution in [2.24, 2.45) is 11.3 Å². The van der Waals surface area contributed by atoms with Crippen LogP contribution in [0.2, 0.25) is 0 Å². The molecule has 104 valence electrons. The molecule has 0 nitrogen and oxygen atoms in total. The molecule has 17 heavy (non-hydrogen) atoms. The van der Waals surface area contributed by atoms with Gasteiger partial charge in [0.25, 0.3) is 0 Å². The Hall–Kier alpha value is 1.05. The van der Waals surface area contributed by atoms with Crippen LogP contribution < -0.4 is 0 Å². The van der Waals surface area contributed by atoms with Gasteiger partial charge in [-0.1, -0.05) is 27.7 Å². The molecule has 0 radical (unpaired) electrons. The van der Waals surface area contributed by atoms with E-state index >= 15 is 0 Å². The van der Waals surface area contributed by atoms with Crippen molar-refractivity contribution in [3.8, 4) is 0 Å². The monoisotopic (exact) mass is 294 g/mol. The standard InChI is InChI=1S/C14H30S3/c1-5-8-16-11-14(6-2,7-3)12-17-10-13(4)9-15/h13,15H,5-12H2,1-4H3. The predicted molar refractivity (Wildman–Crippen MR) is 91.0 cm³/mol. The van der Waals surface area contributed by atoms with Crippen LogP contribution in [0.5, 0.6) is 0 Å². The first-order valence-corrected chi connectivity index (χ1v) is 9.84. The molecule has 0 aliphatic heterocycles. The van der Waals surface area contributed by atoms with Crippen LogP contribution in [0.4, 0.5) is 0 Å². The Morgan fingerprint density at radius 1 is 1.06 bits per heavy atom. The molecule has 1 atom stereocenters. The highest BCUT2D eigenvalue weighted by molar-refractivity contribution is 8.00. The van der Waals surface area contributed by atoms with Gasteiger partial charge in [-0.2, -0.15) is 36.2 Å². The van der Waals surface area contributed by atoms with E-state index in [1.807, 2.05) is 0 Å². The SMILES string of the molecule is CCCSCC(CC)(CC)CSCC(C)CS. The van der Waals surface area contributed by atoms with Gasteiger partial charge in [-0.25, -0.2) is 0 Å². The first-order valence-electron chi connectivity index (χ1n) is 6.90.